The molecule has 0 atom stereocenters. The van der Waals surface area contributed by atoms with Crippen molar-refractivity contribution in [1.82, 2.24) is 4.72 Å². The molecular formula is C20H21N3O5S. The van der Waals surface area contributed by atoms with E-state index in [0.717, 1.165) is 0 Å². The molecule has 1 N–H and O–H groups in total. The topological polar surface area (TPSA) is 117 Å². The number of para-hydroxylation sites is 1. The first-order chi connectivity index (χ1) is 13.8. The molecule has 0 radical (unpaired) electrons. The highest BCUT2D eigenvalue weighted by atomic mass is 32.2. The number of rotatable bonds is 8. The second kappa shape index (κ2) is 9.82. The van der Waals surface area contributed by atoms with Gasteiger partial charge in [-0.25, -0.2) is 17.9 Å². The van der Waals surface area contributed by atoms with Crippen molar-refractivity contribution in [2.45, 2.75) is 18.7 Å². The third kappa shape index (κ3) is 5.63. The quantitative estimate of drug-likeness (QED) is 0.521. The van der Waals surface area contributed by atoms with Gasteiger partial charge in [-0.05, 0) is 36.8 Å². The summed E-state index contributed by atoms with van der Waals surface area (Å²) < 4.78 is 31.7. The van der Waals surface area contributed by atoms with E-state index < -0.39 is 28.5 Å². The van der Waals surface area contributed by atoms with Crippen molar-refractivity contribution >= 4 is 27.6 Å². The molecule has 29 heavy (non-hydrogen) atoms. The molecule has 9 heteroatoms. The van der Waals surface area contributed by atoms with Gasteiger partial charge in [0.2, 0.25) is 10.0 Å². The lowest BCUT2D eigenvalue weighted by atomic mass is 10.1. The summed E-state index contributed by atoms with van der Waals surface area (Å²) in [5.74, 6) is -1.39. The Morgan fingerprint density at radius 3 is 2.48 bits per heavy atom. The van der Waals surface area contributed by atoms with Crippen molar-refractivity contribution < 1.29 is 22.7 Å². The smallest absolute Gasteiger partial charge is 0.338 e. The van der Waals surface area contributed by atoms with E-state index in [0.29, 0.717) is 11.3 Å². The van der Waals surface area contributed by atoms with E-state index in [9.17, 15) is 18.0 Å². The number of carbonyl (C=O) groups is 2. The molecule has 152 valence electrons. The number of benzene rings is 2. The fourth-order valence-electron chi connectivity index (χ4n) is 2.55. The number of anilines is 1. The number of nitrogens with zero attached hydrogens (tertiary/aromatic N) is 2. The molecule has 0 aromatic heterocycles. The van der Waals surface area contributed by atoms with Crippen molar-refractivity contribution in [1.29, 1.82) is 5.26 Å². The highest BCUT2D eigenvalue weighted by Crippen LogP contribution is 2.17. The van der Waals surface area contributed by atoms with E-state index in [1.165, 1.54) is 23.1 Å². The maximum atomic E-state index is 12.5. The van der Waals surface area contributed by atoms with Crippen LogP contribution < -0.4 is 9.62 Å². The Morgan fingerprint density at radius 1 is 1.17 bits per heavy atom. The number of sulfonamides is 1. The van der Waals surface area contributed by atoms with Gasteiger partial charge >= 0.3 is 5.97 Å². The predicted molar refractivity (Wildman–Crippen MR) is 107 cm³/mol. The minimum atomic E-state index is -3.74. The van der Waals surface area contributed by atoms with Crippen LogP contribution in [0.1, 0.15) is 22.8 Å². The minimum absolute atomic E-state index is 0.0447. The lowest BCUT2D eigenvalue weighted by molar-refractivity contribution is -0.121. The maximum absolute atomic E-state index is 12.5. The number of hydrogen-bond acceptors (Lipinski definition) is 6. The number of nitriles is 1. The van der Waals surface area contributed by atoms with E-state index in [2.05, 4.69) is 4.72 Å². The Labute approximate surface area is 169 Å². The van der Waals surface area contributed by atoms with Gasteiger partial charge in [0, 0.05) is 12.2 Å². The largest absolute Gasteiger partial charge is 0.452 e. The lowest BCUT2D eigenvalue weighted by Gasteiger charge is -2.19. The highest BCUT2D eigenvalue weighted by Gasteiger charge is 2.21. The Morgan fingerprint density at radius 2 is 1.86 bits per heavy atom. The van der Waals surface area contributed by atoms with Crippen LogP contribution in [-0.4, -0.2) is 40.0 Å². The number of carbonyl (C=O) groups excluding carboxylic acids is 2. The van der Waals surface area contributed by atoms with Crippen molar-refractivity contribution in [2.75, 3.05) is 24.6 Å². The molecule has 0 aliphatic heterocycles. The van der Waals surface area contributed by atoms with Gasteiger partial charge in [-0.2, -0.15) is 5.26 Å². The Balaban J connectivity index is 2.16. The number of amides is 1. The summed E-state index contributed by atoms with van der Waals surface area (Å²) in [6.45, 7) is 2.70. The molecule has 0 bridgehead atoms. The Bertz CT molecular complexity index is 1030. The van der Waals surface area contributed by atoms with E-state index in [1.807, 2.05) is 6.07 Å². The average Bonchev–Trinajstić information content (AvgIpc) is 2.70. The molecule has 0 saturated carbocycles. The molecule has 0 heterocycles. The van der Waals surface area contributed by atoms with Crippen LogP contribution in [0.15, 0.2) is 53.4 Å². The standard InChI is InChI=1S/C20H21N3O5S/c1-3-22-29(26,27)17-10-9-15(2)18(13-17)20(25)28-14-19(24)23(12-11-21)16-7-5-4-6-8-16/h4-10,13,22H,3,12,14H2,1-2H3. The third-order valence-electron chi connectivity index (χ3n) is 4.00. The first kappa shape index (κ1) is 22.1. The first-order valence-electron chi connectivity index (χ1n) is 8.80. The molecule has 2 rings (SSSR count). The van der Waals surface area contributed by atoms with Crippen LogP contribution in [0.2, 0.25) is 0 Å². The number of esters is 1. The van der Waals surface area contributed by atoms with E-state index in [1.54, 1.807) is 44.2 Å². The molecule has 0 saturated heterocycles. The van der Waals surface area contributed by atoms with Gasteiger partial charge in [0.25, 0.3) is 5.91 Å². The summed E-state index contributed by atoms with van der Waals surface area (Å²) in [5.41, 5.74) is 1.06. The highest BCUT2D eigenvalue weighted by molar-refractivity contribution is 7.89. The summed E-state index contributed by atoms with van der Waals surface area (Å²) in [5, 5.41) is 8.97. The van der Waals surface area contributed by atoms with Gasteiger partial charge in [0.05, 0.1) is 16.5 Å². The maximum Gasteiger partial charge on any atom is 0.338 e. The fraction of sp³-hybridized carbons (Fsp3) is 0.250. The molecule has 0 aliphatic carbocycles. The van der Waals surface area contributed by atoms with Gasteiger partial charge in [0.15, 0.2) is 6.61 Å². The number of nitrogens with one attached hydrogen (secondary N) is 1. The predicted octanol–water partition coefficient (Wildman–Crippen LogP) is 2.01. The van der Waals surface area contributed by atoms with Crippen LogP contribution in [0.3, 0.4) is 0 Å². The second-order valence-corrected chi connectivity index (χ2v) is 7.79. The van der Waals surface area contributed by atoms with Crippen LogP contribution in [-0.2, 0) is 19.6 Å². The van der Waals surface area contributed by atoms with Crippen molar-refractivity contribution in [3.8, 4) is 6.07 Å². The first-order valence-corrected chi connectivity index (χ1v) is 10.3. The summed E-state index contributed by atoms with van der Waals surface area (Å²) in [6.07, 6.45) is 0. The van der Waals surface area contributed by atoms with Crippen LogP contribution in [0.4, 0.5) is 5.69 Å². The average molecular weight is 415 g/mol. The number of hydrogen-bond donors (Lipinski definition) is 1. The van der Waals surface area contributed by atoms with E-state index in [4.69, 9.17) is 10.00 Å². The fourth-order valence-corrected chi connectivity index (χ4v) is 3.61. The minimum Gasteiger partial charge on any atom is -0.452 e. The summed E-state index contributed by atoms with van der Waals surface area (Å²) >= 11 is 0. The monoisotopic (exact) mass is 415 g/mol. The summed E-state index contributed by atoms with van der Waals surface area (Å²) in [4.78, 5) is 26.0. The molecular weight excluding hydrogens is 394 g/mol. The van der Waals surface area contributed by atoms with Crippen molar-refractivity contribution in [2.24, 2.45) is 0 Å². The summed E-state index contributed by atoms with van der Waals surface area (Å²) in [6, 6.07) is 14.5. The van der Waals surface area contributed by atoms with Crippen LogP contribution in [0, 0.1) is 18.3 Å². The molecule has 2 aromatic rings. The third-order valence-corrected chi connectivity index (χ3v) is 5.54. The molecule has 8 nitrogen and oxygen atoms in total. The molecule has 0 spiro atoms. The molecule has 2 aromatic carbocycles. The zero-order valence-electron chi connectivity index (χ0n) is 16.1. The normalized spacial score (nSPS) is 10.8. The lowest BCUT2D eigenvalue weighted by Crippen LogP contribution is -2.35. The molecule has 0 aliphatic rings. The zero-order chi connectivity index (χ0) is 21.4. The SMILES string of the molecule is CCNS(=O)(=O)c1ccc(C)c(C(=O)OCC(=O)N(CC#N)c2ccccc2)c1. The van der Waals surface area contributed by atoms with Gasteiger partial charge < -0.3 is 4.74 Å². The summed E-state index contributed by atoms with van der Waals surface area (Å²) in [7, 11) is -3.74. The van der Waals surface area contributed by atoms with Crippen LogP contribution >= 0.6 is 0 Å². The van der Waals surface area contributed by atoms with Gasteiger partial charge in [0.1, 0.15) is 6.54 Å². The molecule has 0 unspecified atom stereocenters. The van der Waals surface area contributed by atoms with Gasteiger partial charge in [-0.3, -0.25) is 9.69 Å². The van der Waals surface area contributed by atoms with E-state index >= 15 is 0 Å². The van der Waals surface area contributed by atoms with Crippen LogP contribution in [0.25, 0.3) is 0 Å². The number of ether oxygens (including phenoxy) is 1. The van der Waals surface area contributed by atoms with Gasteiger partial charge in [-0.15, -0.1) is 0 Å². The second-order valence-electron chi connectivity index (χ2n) is 6.03. The zero-order valence-corrected chi connectivity index (χ0v) is 16.9. The Kier molecular flexibility index (Phi) is 7.47. The van der Waals surface area contributed by atoms with Crippen molar-refractivity contribution in [3.05, 3.63) is 59.7 Å². The molecule has 1 amide bonds. The van der Waals surface area contributed by atoms with E-state index in [-0.39, 0.29) is 23.5 Å². The van der Waals surface area contributed by atoms with Crippen molar-refractivity contribution in [3.63, 3.8) is 0 Å². The molecule has 0 fully saturated rings. The number of aryl methyl sites for hydroxylation is 1. The van der Waals surface area contributed by atoms with Gasteiger partial charge in [-0.1, -0.05) is 31.2 Å². The Hall–Kier alpha value is -3.22. The van der Waals surface area contributed by atoms with Crippen LogP contribution in [0.5, 0.6) is 0 Å².